The molecule has 1 aliphatic heterocycles. The van der Waals surface area contributed by atoms with E-state index in [2.05, 4.69) is 9.71 Å². The Morgan fingerprint density at radius 3 is 2.36 bits per heavy atom. The van der Waals surface area contributed by atoms with Gasteiger partial charge in [-0.25, -0.2) is 9.78 Å². The van der Waals surface area contributed by atoms with Gasteiger partial charge in [0.25, 0.3) is 10.0 Å². The lowest BCUT2D eigenvalue weighted by atomic mass is 9.83. The minimum Gasteiger partial charge on any atom is -0.512 e. The first kappa shape index (κ1) is 31.1. The molecule has 1 atom stereocenters. The van der Waals surface area contributed by atoms with E-state index in [4.69, 9.17) is 4.74 Å². The third kappa shape index (κ3) is 7.90. The summed E-state index contributed by atoms with van der Waals surface area (Å²) in [4.78, 5) is 16.4. The number of carbonyl (C=O) groups excluding carboxylic acids is 1. The lowest BCUT2D eigenvalue weighted by molar-refractivity contribution is -0.161. The number of halogens is 3. The van der Waals surface area contributed by atoms with Crippen LogP contribution in [-0.4, -0.2) is 30.1 Å². The highest BCUT2D eigenvalue weighted by molar-refractivity contribution is 7.92. The number of cyclic esters (lactones) is 1. The molecule has 7 nitrogen and oxygen atoms in total. The van der Waals surface area contributed by atoms with Crippen molar-refractivity contribution < 1.29 is 36.2 Å². The fourth-order valence-electron chi connectivity index (χ4n) is 5.12. The van der Waals surface area contributed by atoms with Crippen molar-refractivity contribution in [3.05, 3.63) is 101 Å². The molecule has 11 heteroatoms. The molecule has 0 aliphatic carbocycles. The van der Waals surface area contributed by atoms with Crippen LogP contribution >= 0.6 is 0 Å². The van der Waals surface area contributed by atoms with Crippen LogP contribution in [0.2, 0.25) is 0 Å². The van der Waals surface area contributed by atoms with E-state index >= 15 is 0 Å². The Kier molecular flexibility index (Phi) is 9.60. The number of aryl methyl sites for hydroxylation is 2. The van der Waals surface area contributed by atoms with Crippen LogP contribution < -0.4 is 4.72 Å². The number of benzene rings is 2. The SMILES string of the molecule is CCC[C@]1(CCc2ccccc2)CC(O)=C(CCCc2cccc(NS(=O)(=O)c3ccc(C(F)(F)F)cn3)c2)C(=O)O1. The summed E-state index contributed by atoms with van der Waals surface area (Å²) in [6.07, 6.45) is 0.168. The van der Waals surface area contributed by atoms with E-state index in [0.717, 1.165) is 30.0 Å². The van der Waals surface area contributed by atoms with Gasteiger partial charge in [-0.05, 0) is 73.9 Å². The van der Waals surface area contributed by atoms with Crippen molar-refractivity contribution in [2.45, 2.75) is 75.1 Å². The first-order valence-corrected chi connectivity index (χ1v) is 15.2. The number of sulfonamides is 1. The normalized spacial score (nSPS) is 17.7. The van der Waals surface area contributed by atoms with E-state index in [9.17, 15) is 31.5 Å². The van der Waals surface area contributed by atoms with Crippen LogP contribution in [0.1, 0.15) is 62.1 Å². The van der Waals surface area contributed by atoms with Gasteiger partial charge in [-0.1, -0.05) is 55.8 Å². The van der Waals surface area contributed by atoms with Crippen molar-refractivity contribution in [1.29, 1.82) is 0 Å². The Morgan fingerprint density at radius 2 is 1.71 bits per heavy atom. The second-order valence-corrected chi connectivity index (χ2v) is 12.1. The van der Waals surface area contributed by atoms with E-state index in [-0.39, 0.29) is 29.9 Å². The van der Waals surface area contributed by atoms with Crippen LogP contribution in [0.25, 0.3) is 0 Å². The summed E-state index contributed by atoms with van der Waals surface area (Å²) >= 11 is 0. The Hall–Kier alpha value is -3.86. The van der Waals surface area contributed by atoms with Crippen LogP contribution in [-0.2, 0) is 38.6 Å². The van der Waals surface area contributed by atoms with Gasteiger partial charge < -0.3 is 9.84 Å². The minimum absolute atomic E-state index is 0.0540. The number of ether oxygens (including phenoxy) is 1. The largest absolute Gasteiger partial charge is 0.512 e. The molecular weight excluding hydrogens is 569 g/mol. The van der Waals surface area contributed by atoms with E-state index in [1.807, 2.05) is 37.3 Å². The van der Waals surface area contributed by atoms with E-state index in [1.54, 1.807) is 18.2 Å². The summed E-state index contributed by atoms with van der Waals surface area (Å²) < 4.78 is 71.9. The fourth-order valence-corrected chi connectivity index (χ4v) is 6.10. The summed E-state index contributed by atoms with van der Waals surface area (Å²) in [6.45, 7) is 2.02. The van der Waals surface area contributed by atoms with Crippen LogP contribution in [0.5, 0.6) is 0 Å². The monoisotopic (exact) mass is 602 g/mol. The number of pyridine rings is 1. The number of nitrogens with one attached hydrogen (secondary N) is 1. The Morgan fingerprint density at radius 1 is 0.976 bits per heavy atom. The van der Waals surface area contributed by atoms with Gasteiger partial charge in [0.05, 0.1) is 11.1 Å². The number of aliphatic hydroxyl groups is 1. The summed E-state index contributed by atoms with van der Waals surface area (Å²) in [5.74, 6) is -0.455. The number of rotatable bonds is 12. The highest BCUT2D eigenvalue weighted by Crippen LogP contribution is 2.38. The fraction of sp³-hybridized carbons (Fsp3) is 0.355. The molecule has 42 heavy (non-hydrogen) atoms. The highest BCUT2D eigenvalue weighted by atomic mass is 32.2. The summed E-state index contributed by atoms with van der Waals surface area (Å²) in [7, 11) is -4.21. The van der Waals surface area contributed by atoms with Crippen molar-refractivity contribution in [2.75, 3.05) is 4.72 Å². The van der Waals surface area contributed by atoms with Gasteiger partial charge in [-0.3, -0.25) is 4.72 Å². The van der Waals surface area contributed by atoms with Crippen LogP contribution in [0, 0.1) is 0 Å². The molecule has 0 fully saturated rings. The van der Waals surface area contributed by atoms with Gasteiger partial charge >= 0.3 is 12.1 Å². The number of anilines is 1. The van der Waals surface area contributed by atoms with E-state index in [0.29, 0.717) is 37.9 Å². The second-order valence-electron chi connectivity index (χ2n) is 10.5. The summed E-state index contributed by atoms with van der Waals surface area (Å²) in [5, 5.41) is 10.3. The summed E-state index contributed by atoms with van der Waals surface area (Å²) in [6, 6.07) is 17.9. The zero-order valence-corrected chi connectivity index (χ0v) is 24.0. The first-order valence-electron chi connectivity index (χ1n) is 13.7. The van der Waals surface area contributed by atoms with Crippen LogP contribution in [0.15, 0.2) is 89.3 Å². The molecule has 0 saturated heterocycles. The number of esters is 1. The van der Waals surface area contributed by atoms with Crippen molar-refractivity contribution >= 4 is 21.7 Å². The molecule has 2 N–H and O–H groups in total. The summed E-state index contributed by atoms with van der Waals surface area (Å²) in [5.41, 5.74) is 0.585. The average molecular weight is 603 g/mol. The number of nitrogens with zero attached hydrogens (tertiary/aromatic N) is 1. The molecule has 0 amide bonds. The van der Waals surface area contributed by atoms with Gasteiger partial charge in [0.2, 0.25) is 0 Å². The molecule has 2 heterocycles. The van der Waals surface area contributed by atoms with Gasteiger partial charge in [-0.2, -0.15) is 21.6 Å². The lowest BCUT2D eigenvalue weighted by Crippen LogP contribution is -2.40. The van der Waals surface area contributed by atoms with Gasteiger partial charge in [0, 0.05) is 18.3 Å². The highest BCUT2D eigenvalue weighted by Gasteiger charge is 2.40. The zero-order chi connectivity index (χ0) is 30.4. The minimum atomic E-state index is -4.63. The molecule has 0 unspecified atom stereocenters. The van der Waals surface area contributed by atoms with Crippen molar-refractivity contribution in [3.8, 4) is 0 Å². The number of aromatic nitrogens is 1. The van der Waals surface area contributed by atoms with E-state index in [1.165, 1.54) is 6.07 Å². The second kappa shape index (κ2) is 13.0. The average Bonchev–Trinajstić information content (AvgIpc) is 2.94. The molecule has 1 aromatic heterocycles. The number of hydrogen-bond donors (Lipinski definition) is 2. The third-order valence-corrected chi connectivity index (χ3v) is 8.52. The maximum Gasteiger partial charge on any atom is 0.417 e. The first-order chi connectivity index (χ1) is 19.9. The number of hydrogen-bond acceptors (Lipinski definition) is 6. The molecule has 224 valence electrons. The number of alkyl halides is 3. The Balaban J connectivity index is 1.37. The molecular formula is C31H33F3N2O5S. The smallest absolute Gasteiger partial charge is 0.417 e. The van der Waals surface area contributed by atoms with Gasteiger partial charge in [-0.15, -0.1) is 0 Å². The topological polar surface area (TPSA) is 106 Å². The maximum atomic E-state index is 13.0. The van der Waals surface area contributed by atoms with Gasteiger partial charge in [0.15, 0.2) is 5.03 Å². The standard InChI is InChI=1S/C31H33F3N2O5S/c1-2-17-30(18-16-22-8-4-3-5-9-22)20-27(37)26(29(38)41-30)13-7-11-23-10-6-12-25(19-23)36-42(39,40)28-15-14-24(21-35-28)31(32,33)34/h3-6,8-10,12,14-15,19,21,36-37H,2,7,11,13,16-18,20H2,1H3/t30-/m0/s1. The molecule has 0 saturated carbocycles. The maximum absolute atomic E-state index is 13.0. The number of aliphatic hydroxyl groups excluding tert-OH is 1. The van der Waals surface area contributed by atoms with Gasteiger partial charge in [0.1, 0.15) is 11.4 Å². The molecule has 0 bridgehead atoms. The van der Waals surface area contributed by atoms with E-state index < -0.39 is 38.4 Å². The van der Waals surface area contributed by atoms with Crippen LogP contribution in [0.4, 0.5) is 18.9 Å². The molecule has 0 radical (unpaired) electrons. The third-order valence-electron chi connectivity index (χ3n) is 7.22. The Labute approximate surface area is 243 Å². The molecule has 3 aromatic rings. The number of carbonyl (C=O) groups is 1. The predicted molar refractivity (Wildman–Crippen MR) is 152 cm³/mol. The lowest BCUT2D eigenvalue weighted by Gasteiger charge is -2.37. The van der Waals surface area contributed by atoms with Crippen LogP contribution in [0.3, 0.4) is 0 Å². The van der Waals surface area contributed by atoms with Crippen molar-refractivity contribution in [1.82, 2.24) is 4.98 Å². The molecule has 1 aliphatic rings. The Bertz CT molecular complexity index is 1520. The predicted octanol–water partition coefficient (Wildman–Crippen LogP) is 7.15. The van der Waals surface area contributed by atoms with Crippen molar-refractivity contribution in [2.24, 2.45) is 0 Å². The molecule has 0 spiro atoms. The quantitative estimate of drug-likeness (QED) is 0.213. The molecule has 4 rings (SSSR count). The zero-order valence-electron chi connectivity index (χ0n) is 23.2. The van der Waals surface area contributed by atoms with Crippen molar-refractivity contribution in [3.63, 3.8) is 0 Å². The molecule has 2 aromatic carbocycles.